The molecule has 0 bridgehead atoms. The molecule has 2 amide bonds. The van der Waals surface area contributed by atoms with E-state index in [1.54, 1.807) is 18.2 Å². The molecule has 6 nitrogen and oxygen atoms in total. The van der Waals surface area contributed by atoms with Crippen LogP contribution in [0.1, 0.15) is 67.9 Å². The summed E-state index contributed by atoms with van der Waals surface area (Å²) in [4.78, 5) is 24.5. The third kappa shape index (κ3) is 5.28. The Bertz CT molecular complexity index is 717. The van der Waals surface area contributed by atoms with Crippen LogP contribution in [-0.4, -0.2) is 20.5 Å². The molecule has 1 rings (SSSR count). The first-order valence-corrected chi connectivity index (χ1v) is 11.4. The van der Waals surface area contributed by atoms with Crippen molar-refractivity contribution in [1.29, 1.82) is 0 Å². The second-order valence-electron chi connectivity index (χ2n) is 10.2. The van der Waals surface area contributed by atoms with Crippen LogP contribution in [0.2, 0.25) is 15.1 Å². The molecule has 0 N–H and O–H groups in total. The fourth-order valence-electron chi connectivity index (χ4n) is 4.87. The maximum atomic E-state index is 12.6. The van der Waals surface area contributed by atoms with Gasteiger partial charge in [0, 0.05) is 0 Å². The Balaban J connectivity index is 3.06. The molecule has 156 valence electrons. The molecular weight excluding hydrogens is 372 g/mol. The highest BCUT2D eigenvalue weighted by Gasteiger charge is 2.64. The Labute approximate surface area is 169 Å². The molecule has 0 heterocycles. The minimum absolute atomic E-state index is 0.253. The number of aryl methyl sites for hydroxylation is 1. The first kappa shape index (κ1) is 24.0. The van der Waals surface area contributed by atoms with E-state index in [-0.39, 0.29) is 15.1 Å². The summed E-state index contributed by atoms with van der Waals surface area (Å²) in [6, 6.07) is 6.98. The zero-order valence-corrected chi connectivity index (χ0v) is 19.8. The van der Waals surface area contributed by atoms with Crippen molar-refractivity contribution in [3.05, 3.63) is 29.8 Å². The van der Waals surface area contributed by atoms with E-state index in [9.17, 15) is 9.59 Å². The van der Waals surface area contributed by atoms with Gasteiger partial charge in [0.2, 0.25) is 0 Å². The molecule has 0 aromatic heterocycles. The lowest BCUT2D eigenvalue weighted by Crippen LogP contribution is -2.61. The number of ether oxygens (including phenoxy) is 1. The summed E-state index contributed by atoms with van der Waals surface area (Å²) >= 11 is 0. The van der Waals surface area contributed by atoms with Crippen molar-refractivity contribution in [2.24, 2.45) is 10.2 Å². The first-order valence-electron chi connectivity index (χ1n) is 9.44. The number of benzene rings is 1. The van der Waals surface area contributed by atoms with Gasteiger partial charge < -0.3 is 9.16 Å². The summed E-state index contributed by atoms with van der Waals surface area (Å²) < 4.78 is 11.2. The standard InChI is InChI=1S/C21H34N2O4Si/c1-15-12-11-13-16(14-15)26-17(24)22-23-18(25)27-28(19(2,3)4,20(5,6)7)21(8,9)10/h11-14H,1-10H3. The van der Waals surface area contributed by atoms with Crippen LogP contribution < -0.4 is 4.74 Å². The molecule has 0 unspecified atom stereocenters. The molecule has 0 fully saturated rings. The maximum Gasteiger partial charge on any atom is 0.458 e. The van der Waals surface area contributed by atoms with Crippen LogP contribution in [0.4, 0.5) is 9.59 Å². The Hall–Kier alpha value is -2.02. The number of carbonyl (C=O) groups is 2. The van der Waals surface area contributed by atoms with Gasteiger partial charge in [0.25, 0.3) is 8.32 Å². The fraction of sp³-hybridized carbons (Fsp3) is 0.619. The highest BCUT2D eigenvalue weighted by molar-refractivity contribution is 6.83. The molecule has 7 heteroatoms. The molecule has 0 aliphatic carbocycles. The van der Waals surface area contributed by atoms with Gasteiger partial charge in [-0.15, -0.1) is 0 Å². The number of nitrogens with zero attached hydrogens (tertiary/aromatic N) is 2. The molecule has 0 atom stereocenters. The molecule has 1 aromatic rings. The lowest BCUT2D eigenvalue weighted by Gasteiger charge is -2.56. The maximum absolute atomic E-state index is 12.6. The summed E-state index contributed by atoms with van der Waals surface area (Å²) in [5, 5.41) is 6.12. The summed E-state index contributed by atoms with van der Waals surface area (Å²) in [6.07, 6.45) is -1.82. The van der Waals surface area contributed by atoms with Crippen LogP contribution in [0.25, 0.3) is 0 Å². The molecule has 0 saturated heterocycles. The van der Waals surface area contributed by atoms with E-state index < -0.39 is 20.5 Å². The lowest BCUT2D eigenvalue weighted by molar-refractivity contribution is 0.189. The van der Waals surface area contributed by atoms with E-state index >= 15 is 0 Å². The van der Waals surface area contributed by atoms with Crippen LogP contribution >= 0.6 is 0 Å². The molecule has 0 saturated carbocycles. The van der Waals surface area contributed by atoms with E-state index in [2.05, 4.69) is 72.5 Å². The molecular formula is C21H34N2O4Si. The number of rotatable bonds is 2. The van der Waals surface area contributed by atoms with Gasteiger partial charge in [-0.1, -0.05) is 84.7 Å². The lowest BCUT2D eigenvalue weighted by atomic mass is 10.2. The Kier molecular flexibility index (Phi) is 6.99. The molecule has 28 heavy (non-hydrogen) atoms. The van der Waals surface area contributed by atoms with Gasteiger partial charge in [-0.3, -0.25) is 0 Å². The highest BCUT2D eigenvalue weighted by Crippen LogP contribution is 2.62. The smallest absolute Gasteiger partial charge is 0.458 e. The average Bonchev–Trinajstić information content (AvgIpc) is 2.46. The predicted molar refractivity (Wildman–Crippen MR) is 113 cm³/mol. The van der Waals surface area contributed by atoms with Crippen LogP contribution in [-0.2, 0) is 4.43 Å². The SMILES string of the molecule is Cc1cccc(OC(=O)N=NC(=O)O[Si](C(C)(C)C)(C(C)(C)C)C(C)(C)C)c1. The van der Waals surface area contributed by atoms with Gasteiger partial charge in [-0.05, 0) is 39.7 Å². The van der Waals surface area contributed by atoms with Crippen molar-refractivity contribution in [1.82, 2.24) is 0 Å². The normalized spacial score (nSPS) is 13.5. The number of carbonyl (C=O) groups excluding carboxylic acids is 2. The first-order chi connectivity index (χ1) is 12.5. The van der Waals surface area contributed by atoms with E-state index in [4.69, 9.17) is 9.16 Å². The minimum Gasteiger partial charge on any atom is -0.499 e. The number of hydrogen-bond acceptors (Lipinski definition) is 4. The largest absolute Gasteiger partial charge is 0.499 e. The van der Waals surface area contributed by atoms with Crippen LogP contribution in [0.3, 0.4) is 0 Å². The van der Waals surface area contributed by atoms with Gasteiger partial charge in [-0.25, -0.2) is 9.59 Å². The minimum atomic E-state index is -2.77. The Morgan fingerprint density at radius 1 is 0.821 bits per heavy atom. The summed E-state index contributed by atoms with van der Waals surface area (Å²) in [5.41, 5.74) is 0.943. The van der Waals surface area contributed by atoms with Crippen molar-refractivity contribution in [2.45, 2.75) is 84.4 Å². The van der Waals surface area contributed by atoms with Crippen molar-refractivity contribution >= 4 is 20.5 Å². The van der Waals surface area contributed by atoms with Gasteiger partial charge in [-0.2, -0.15) is 0 Å². The van der Waals surface area contributed by atoms with Crippen molar-refractivity contribution in [3.63, 3.8) is 0 Å². The molecule has 1 aromatic carbocycles. The molecule has 0 spiro atoms. The summed E-state index contributed by atoms with van der Waals surface area (Å²) in [5.74, 6) is 0.347. The van der Waals surface area contributed by atoms with Crippen molar-refractivity contribution < 1.29 is 18.8 Å². The van der Waals surface area contributed by atoms with Crippen LogP contribution in [0.5, 0.6) is 5.75 Å². The van der Waals surface area contributed by atoms with E-state index in [0.717, 1.165) is 5.56 Å². The summed E-state index contributed by atoms with van der Waals surface area (Å²) in [7, 11) is -2.77. The third-order valence-electron chi connectivity index (χ3n) is 4.82. The second-order valence-corrected chi connectivity index (χ2v) is 16.3. The summed E-state index contributed by atoms with van der Waals surface area (Å²) in [6.45, 7) is 20.7. The predicted octanol–water partition coefficient (Wildman–Crippen LogP) is 7.43. The second kappa shape index (κ2) is 8.15. The quantitative estimate of drug-likeness (QED) is 0.378. The zero-order chi connectivity index (χ0) is 22.0. The molecule has 0 radical (unpaired) electrons. The van der Waals surface area contributed by atoms with Crippen LogP contribution in [0, 0.1) is 6.92 Å². The van der Waals surface area contributed by atoms with Crippen molar-refractivity contribution in [2.75, 3.05) is 0 Å². The van der Waals surface area contributed by atoms with Gasteiger partial charge in [0.05, 0.1) is 0 Å². The Morgan fingerprint density at radius 3 is 1.71 bits per heavy atom. The third-order valence-corrected chi connectivity index (χ3v) is 11.6. The molecule has 0 aliphatic heterocycles. The van der Waals surface area contributed by atoms with Gasteiger partial charge in [0.15, 0.2) is 0 Å². The van der Waals surface area contributed by atoms with Crippen LogP contribution in [0.15, 0.2) is 34.5 Å². The topological polar surface area (TPSA) is 77.3 Å². The molecule has 0 aliphatic rings. The number of amides is 2. The van der Waals surface area contributed by atoms with Gasteiger partial charge in [0.1, 0.15) is 5.75 Å². The monoisotopic (exact) mass is 406 g/mol. The zero-order valence-electron chi connectivity index (χ0n) is 18.8. The fourth-order valence-corrected chi connectivity index (χ4v) is 12.8. The van der Waals surface area contributed by atoms with E-state index in [1.165, 1.54) is 0 Å². The van der Waals surface area contributed by atoms with E-state index in [1.807, 2.05) is 13.0 Å². The average molecular weight is 407 g/mol. The highest BCUT2D eigenvalue weighted by atomic mass is 28.4. The van der Waals surface area contributed by atoms with Crippen molar-refractivity contribution in [3.8, 4) is 5.75 Å². The number of hydrogen-bond donors (Lipinski definition) is 0. The van der Waals surface area contributed by atoms with E-state index in [0.29, 0.717) is 5.75 Å². The number of azo groups is 1. The Morgan fingerprint density at radius 2 is 1.29 bits per heavy atom. The van der Waals surface area contributed by atoms with Gasteiger partial charge >= 0.3 is 12.2 Å².